The maximum absolute atomic E-state index is 4.72. The lowest BCUT2D eigenvalue weighted by Gasteiger charge is -2.40. The van der Waals surface area contributed by atoms with Gasteiger partial charge < -0.3 is 9.88 Å². The second-order valence-electron chi connectivity index (χ2n) is 5.79. The molecule has 4 heterocycles. The topological polar surface area (TPSA) is 78.2 Å². The van der Waals surface area contributed by atoms with Gasteiger partial charge in [0.2, 0.25) is 0 Å². The molecule has 0 spiro atoms. The Hall–Kier alpha value is -2.48. The highest BCUT2D eigenvalue weighted by Gasteiger charge is 2.29. The zero-order valence-corrected chi connectivity index (χ0v) is 13.3. The Morgan fingerprint density at radius 3 is 3.04 bits per heavy atom. The molecule has 1 aliphatic rings. The van der Waals surface area contributed by atoms with Crippen molar-refractivity contribution in [3.8, 4) is 0 Å². The fourth-order valence-corrected chi connectivity index (χ4v) is 3.25. The molecule has 4 rings (SSSR count). The number of hydrogen-bond acceptors (Lipinski definition) is 6. The van der Waals surface area contributed by atoms with Gasteiger partial charge in [-0.05, 0) is 13.5 Å². The summed E-state index contributed by atoms with van der Waals surface area (Å²) in [4.78, 5) is 17.2. The van der Waals surface area contributed by atoms with Crippen LogP contribution >= 0.6 is 0 Å². The Bertz CT molecular complexity index is 793. The first-order valence-corrected chi connectivity index (χ1v) is 7.92. The molecule has 3 aromatic heterocycles. The molecule has 1 saturated heterocycles. The minimum Gasteiger partial charge on any atom is -0.353 e. The molecular weight excluding hydrogens is 292 g/mol. The van der Waals surface area contributed by atoms with Crippen molar-refractivity contribution in [3.05, 3.63) is 36.4 Å². The smallest absolute Gasteiger partial charge is 0.165 e. The summed E-state index contributed by atoms with van der Waals surface area (Å²) in [5.41, 5.74) is 0.833. The van der Waals surface area contributed by atoms with Gasteiger partial charge in [-0.2, -0.15) is 0 Å². The van der Waals surface area contributed by atoms with Crippen LogP contribution in [0.5, 0.6) is 0 Å². The molecule has 0 aliphatic carbocycles. The van der Waals surface area contributed by atoms with Crippen LogP contribution in [-0.4, -0.2) is 60.6 Å². The number of aryl methyl sites for hydroxylation is 1. The van der Waals surface area contributed by atoms with Crippen LogP contribution in [0.15, 0.2) is 24.8 Å². The summed E-state index contributed by atoms with van der Waals surface area (Å²) in [5, 5.41) is 8.11. The highest BCUT2D eigenvalue weighted by Crippen LogP contribution is 2.26. The lowest BCUT2D eigenvalue weighted by molar-refractivity contribution is 0.180. The average Bonchev–Trinajstić information content (AvgIpc) is 3.25. The predicted octanol–water partition coefficient (Wildman–Crippen LogP) is 1.04. The van der Waals surface area contributed by atoms with Crippen LogP contribution in [0, 0.1) is 6.92 Å². The predicted molar refractivity (Wildman–Crippen MR) is 86.3 cm³/mol. The first-order valence-electron chi connectivity index (χ1n) is 7.92. The summed E-state index contributed by atoms with van der Waals surface area (Å²) in [7, 11) is 0. The van der Waals surface area contributed by atoms with E-state index < -0.39 is 0 Å². The van der Waals surface area contributed by atoms with Gasteiger partial charge in [-0.1, -0.05) is 6.92 Å². The lowest BCUT2D eigenvalue weighted by Crippen LogP contribution is -2.49. The Morgan fingerprint density at radius 1 is 1.35 bits per heavy atom. The van der Waals surface area contributed by atoms with E-state index in [2.05, 4.69) is 36.9 Å². The monoisotopic (exact) mass is 312 g/mol. The molecule has 0 amide bonds. The van der Waals surface area contributed by atoms with Crippen LogP contribution < -0.4 is 4.90 Å². The first-order chi connectivity index (χ1) is 11.3. The quantitative estimate of drug-likeness (QED) is 0.778. The minimum absolute atomic E-state index is 0.250. The number of piperazine rings is 1. The standard InChI is InChI=1S/C15H20N8/c1-3-21-6-7-22(9-12(21)15-16-4-5-17-15)13-8-14-20-18-10-23(14)11(2)19-13/h4-5,8,10,12H,3,6-7,9H2,1-2H3,(H,16,17). The third kappa shape index (κ3) is 2.44. The number of anilines is 1. The molecule has 0 bridgehead atoms. The van der Waals surface area contributed by atoms with Gasteiger partial charge in [-0.15, -0.1) is 10.2 Å². The number of hydrogen-bond donors (Lipinski definition) is 1. The second-order valence-corrected chi connectivity index (χ2v) is 5.79. The van der Waals surface area contributed by atoms with E-state index in [4.69, 9.17) is 4.98 Å². The fourth-order valence-electron chi connectivity index (χ4n) is 3.25. The number of imidazole rings is 1. The minimum atomic E-state index is 0.250. The Morgan fingerprint density at radius 2 is 2.26 bits per heavy atom. The molecule has 0 aromatic carbocycles. The van der Waals surface area contributed by atoms with Crippen LogP contribution in [0.25, 0.3) is 5.65 Å². The van der Waals surface area contributed by atoms with Gasteiger partial charge >= 0.3 is 0 Å². The lowest BCUT2D eigenvalue weighted by atomic mass is 10.1. The van der Waals surface area contributed by atoms with E-state index in [1.165, 1.54) is 0 Å². The van der Waals surface area contributed by atoms with E-state index in [0.29, 0.717) is 0 Å². The van der Waals surface area contributed by atoms with Gasteiger partial charge in [-0.25, -0.2) is 9.97 Å². The molecule has 3 aromatic rings. The van der Waals surface area contributed by atoms with Crippen molar-refractivity contribution in [2.45, 2.75) is 19.9 Å². The van der Waals surface area contributed by atoms with Gasteiger partial charge in [0.25, 0.3) is 0 Å². The van der Waals surface area contributed by atoms with Crippen LogP contribution in [-0.2, 0) is 0 Å². The number of aromatic nitrogens is 6. The van der Waals surface area contributed by atoms with Crippen molar-refractivity contribution in [2.75, 3.05) is 31.1 Å². The first kappa shape index (κ1) is 14.1. The molecule has 8 heteroatoms. The second kappa shape index (κ2) is 5.62. The van der Waals surface area contributed by atoms with E-state index in [9.17, 15) is 0 Å². The molecule has 1 fully saturated rings. The Kier molecular flexibility index (Phi) is 3.45. The third-order valence-electron chi connectivity index (χ3n) is 4.51. The van der Waals surface area contributed by atoms with Crippen molar-refractivity contribution in [3.63, 3.8) is 0 Å². The largest absolute Gasteiger partial charge is 0.353 e. The summed E-state index contributed by atoms with van der Waals surface area (Å²) < 4.78 is 1.90. The zero-order valence-electron chi connectivity index (χ0n) is 13.3. The molecule has 0 saturated carbocycles. The van der Waals surface area contributed by atoms with Crippen molar-refractivity contribution in [1.29, 1.82) is 0 Å². The van der Waals surface area contributed by atoms with Crippen molar-refractivity contribution < 1.29 is 0 Å². The molecule has 0 radical (unpaired) electrons. The number of rotatable bonds is 3. The number of nitrogens with one attached hydrogen (secondary N) is 1. The van der Waals surface area contributed by atoms with Crippen molar-refractivity contribution in [2.24, 2.45) is 0 Å². The van der Waals surface area contributed by atoms with Gasteiger partial charge in [0.1, 0.15) is 23.8 Å². The van der Waals surface area contributed by atoms with Crippen molar-refractivity contribution in [1.82, 2.24) is 34.4 Å². The summed E-state index contributed by atoms with van der Waals surface area (Å²) in [6.07, 6.45) is 5.39. The summed E-state index contributed by atoms with van der Waals surface area (Å²) in [6, 6.07) is 2.25. The SMILES string of the molecule is CCN1CCN(c2cc3nncn3c(C)n2)CC1c1ncc[nH]1. The van der Waals surface area contributed by atoms with Crippen LogP contribution in [0.1, 0.15) is 24.6 Å². The van der Waals surface area contributed by atoms with Crippen molar-refractivity contribution >= 4 is 11.5 Å². The molecule has 1 aliphatic heterocycles. The van der Waals surface area contributed by atoms with Gasteiger partial charge in [-0.3, -0.25) is 9.30 Å². The molecular formula is C15H20N8. The summed E-state index contributed by atoms with van der Waals surface area (Å²) >= 11 is 0. The van der Waals surface area contributed by atoms with Gasteiger partial charge in [0.05, 0.1) is 6.04 Å². The summed E-state index contributed by atoms with van der Waals surface area (Å²) in [6.45, 7) is 7.97. The number of H-pyrrole nitrogens is 1. The fraction of sp³-hybridized carbons (Fsp3) is 0.467. The highest BCUT2D eigenvalue weighted by atomic mass is 15.3. The van der Waals surface area contributed by atoms with Gasteiger partial charge in [0.15, 0.2) is 5.65 Å². The maximum atomic E-state index is 4.72. The van der Waals surface area contributed by atoms with Crippen LogP contribution in [0.4, 0.5) is 5.82 Å². The Balaban J connectivity index is 1.66. The number of fused-ring (bicyclic) bond motifs is 1. The van der Waals surface area contributed by atoms with E-state index in [0.717, 1.165) is 49.3 Å². The van der Waals surface area contributed by atoms with Crippen LogP contribution in [0.2, 0.25) is 0 Å². The summed E-state index contributed by atoms with van der Waals surface area (Å²) in [5.74, 6) is 2.86. The number of likely N-dealkylation sites (N-methyl/N-ethyl adjacent to an activating group) is 1. The molecule has 1 atom stereocenters. The maximum Gasteiger partial charge on any atom is 0.165 e. The zero-order chi connectivity index (χ0) is 15.8. The number of aromatic amines is 1. The van der Waals surface area contributed by atoms with Gasteiger partial charge in [0, 0.05) is 38.1 Å². The molecule has 1 unspecified atom stereocenters. The van der Waals surface area contributed by atoms with E-state index >= 15 is 0 Å². The normalized spacial score (nSPS) is 19.6. The highest BCUT2D eigenvalue weighted by molar-refractivity contribution is 5.52. The van der Waals surface area contributed by atoms with E-state index in [1.54, 1.807) is 6.33 Å². The van der Waals surface area contributed by atoms with Crippen LogP contribution in [0.3, 0.4) is 0 Å². The molecule has 1 N–H and O–H groups in total. The average molecular weight is 312 g/mol. The molecule has 120 valence electrons. The van der Waals surface area contributed by atoms with E-state index in [1.807, 2.05) is 29.8 Å². The third-order valence-corrected chi connectivity index (χ3v) is 4.51. The molecule has 23 heavy (non-hydrogen) atoms. The number of nitrogens with zero attached hydrogens (tertiary/aromatic N) is 7. The Labute approximate surface area is 134 Å². The van der Waals surface area contributed by atoms with E-state index in [-0.39, 0.29) is 6.04 Å². The molecule has 8 nitrogen and oxygen atoms in total.